The van der Waals surface area contributed by atoms with E-state index in [-0.39, 0.29) is 11.8 Å². The number of nitrogens with zero attached hydrogens (tertiary/aromatic N) is 2. The minimum atomic E-state index is -0.193. The molecular weight excluding hydrogens is 346 g/mol. The van der Waals surface area contributed by atoms with E-state index in [1.807, 2.05) is 42.5 Å². The maximum absolute atomic E-state index is 12.4. The van der Waals surface area contributed by atoms with Crippen LogP contribution < -0.4 is 5.32 Å². The fourth-order valence-electron chi connectivity index (χ4n) is 2.32. The molecule has 1 N–H and O–H groups in total. The zero-order chi connectivity index (χ0) is 18.5. The van der Waals surface area contributed by atoms with E-state index < -0.39 is 0 Å². The Morgan fingerprint density at radius 3 is 2.38 bits per heavy atom. The van der Waals surface area contributed by atoms with Crippen LogP contribution in [-0.2, 0) is 11.2 Å². The summed E-state index contributed by atoms with van der Waals surface area (Å²) in [5.41, 5.74) is 2.59. The molecule has 0 saturated carbocycles. The Hall–Kier alpha value is -2.99. The minimum absolute atomic E-state index is 0.0416. The fraction of sp³-hybridized carbons (Fsp3) is 0.150. The molecule has 1 heterocycles. The van der Waals surface area contributed by atoms with Crippen LogP contribution in [-0.4, -0.2) is 35.8 Å². The number of anilines is 1. The smallest absolute Gasteiger partial charge is 0.267 e. The Balaban J connectivity index is 1.65. The number of thiazole rings is 1. The largest absolute Gasteiger partial charge is 0.349 e. The predicted molar refractivity (Wildman–Crippen MR) is 104 cm³/mol. The summed E-state index contributed by atoms with van der Waals surface area (Å²) in [4.78, 5) is 30.6. The number of hydrogen-bond donors (Lipinski definition) is 1. The van der Waals surface area contributed by atoms with Crippen LogP contribution in [0.4, 0.5) is 5.69 Å². The van der Waals surface area contributed by atoms with Crippen molar-refractivity contribution in [2.75, 3.05) is 19.4 Å². The first-order valence-electron chi connectivity index (χ1n) is 8.14. The highest BCUT2D eigenvalue weighted by Gasteiger charge is 2.12. The van der Waals surface area contributed by atoms with Gasteiger partial charge in [0.1, 0.15) is 9.88 Å². The van der Waals surface area contributed by atoms with Gasteiger partial charge in [0.25, 0.3) is 5.91 Å². The molecule has 0 bridgehead atoms. The number of amides is 2. The Bertz CT molecular complexity index is 902. The lowest BCUT2D eigenvalue weighted by Gasteiger charge is -2.10. The van der Waals surface area contributed by atoms with E-state index in [0.717, 1.165) is 16.1 Å². The summed E-state index contributed by atoms with van der Waals surface area (Å²) in [6, 6.07) is 17.1. The molecule has 0 aliphatic carbocycles. The van der Waals surface area contributed by atoms with Gasteiger partial charge in [0.2, 0.25) is 5.91 Å². The van der Waals surface area contributed by atoms with Crippen LogP contribution in [0.25, 0.3) is 10.6 Å². The Kier molecular flexibility index (Phi) is 5.43. The van der Waals surface area contributed by atoms with Gasteiger partial charge in [0.15, 0.2) is 0 Å². The number of hydrogen-bond acceptors (Lipinski definition) is 4. The normalized spacial score (nSPS) is 10.4. The molecule has 2 aromatic carbocycles. The Labute approximate surface area is 156 Å². The van der Waals surface area contributed by atoms with E-state index in [4.69, 9.17) is 0 Å². The number of rotatable bonds is 5. The molecule has 3 aromatic rings. The quantitative estimate of drug-likeness (QED) is 0.750. The summed E-state index contributed by atoms with van der Waals surface area (Å²) in [7, 11) is 3.46. The van der Waals surface area contributed by atoms with Gasteiger partial charge in [-0.2, -0.15) is 0 Å². The summed E-state index contributed by atoms with van der Waals surface area (Å²) >= 11 is 1.35. The van der Waals surface area contributed by atoms with E-state index in [1.165, 1.54) is 11.3 Å². The number of aromatic nitrogens is 1. The molecule has 0 aliphatic rings. The molecule has 132 valence electrons. The van der Waals surface area contributed by atoms with E-state index in [1.54, 1.807) is 37.3 Å². The van der Waals surface area contributed by atoms with Crippen molar-refractivity contribution in [2.24, 2.45) is 0 Å². The van der Waals surface area contributed by atoms with Crippen molar-refractivity contribution in [3.63, 3.8) is 0 Å². The first-order chi connectivity index (χ1) is 12.5. The molecule has 6 heteroatoms. The number of carbonyl (C=O) groups is 2. The molecule has 0 fully saturated rings. The second-order valence-corrected chi connectivity index (χ2v) is 7.04. The molecule has 26 heavy (non-hydrogen) atoms. The first-order valence-corrected chi connectivity index (χ1v) is 8.96. The van der Waals surface area contributed by atoms with E-state index in [2.05, 4.69) is 10.3 Å². The van der Waals surface area contributed by atoms with E-state index in [0.29, 0.717) is 17.0 Å². The van der Waals surface area contributed by atoms with Crippen LogP contribution in [0.1, 0.15) is 15.2 Å². The van der Waals surface area contributed by atoms with Crippen molar-refractivity contribution < 1.29 is 9.59 Å². The maximum Gasteiger partial charge on any atom is 0.267 e. The third-order valence-corrected chi connectivity index (χ3v) is 4.86. The van der Waals surface area contributed by atoms with Crippen molar-refractivity contribution in [1.82, 2.24) is 9.88 Å². The second-order valence-electron chi connectivity index (χ2n) is 6.01. The molecule has 2 amide bonds. The van der Waals surface area contributed by atoms with Crippen LogP contribution in [0, 0.1) is 0 Å². The average molecular weight is 365 g/mol. The van der Waals surface area contributed by atoms with Gasteiger partial charge >= 0.3 is 0 Å². The summed E-state index contributed by atoms with van der Waals surface area (Å²) < 4.78 is 0. The third kappa shape index (κ3) is 4.34. The van der Waals surface area contributed by atoms with Crippen LogP contribution in [0.15, 0.2) is 60.8 Å². The van der Waals surface area contributed by atoms with Crippen molar-refractivity contribution in [3.8, 4) is 10.6 Å². The summed E-state index contributed by atoms with van der Waals surface area (Å²) in [5.74, 6) is -0.151. The maximum atomic E-state index is 12.4. The van der Waals surface area contributed by atoms with Gasteiger partial charge in [-0.05, 0) is 17.7 Å². The van der Waals surface area contributed by atoms with Gasteiger partial charge < -0.3 is 10.2 Å². The number of carbonyl (C=O) groups excluding carboxylic acids is 2. The van der Waals surface area contributed by atoms with Gasteiger partial charge in [-0.1, -0.05) is 42.5 Å². The summed E-state index contributed by atoms with van der Waals surface area (Å²) in [5, 5.41) is 3.68. The standard InChI is InChI=1S/C20H19N3O2S/c1-23(2)18(24)12-14-8-10-16(11-9-14)22-19(25)17-13-21-20(26-17)15-6-4-3-5-7-15/h3-11,13H,12H2,1-2H3,(H,22,25). The van der Waals surface area contributed by atoms with Crippen LogP contribution in [0.2, 0.25) is 0 Å². The van der Waals surface area contributed by atoms with Crippen LogP contribution in [0.3, 0.4) is 0 Å². The molecular formula is C20H19N3O2S. The van der Waals surface area contributed by atoms with Gasteiger partial charge in [0, 0.05) is 25.3 Å². The van der Waals surface area contributed by atoms with Gasteiger partial charge in [-0.15, -0.1) is 11.3 Å². The molecule has 0 spiro atoms. The summed E-state index contributed by atoms with van der Waals surface area (Å²) in [6.07, 6.45) is 1.93. The predicted octanol–water partition coefficient (Wildman–Crippen LogP) is 3.69. The van der Waals surface area contributed by atoms with E-state index in [9.17, 15) is 9.59 Å². The molecule has 5 nitrogen and oxygen atoms in total. The molecule has 1 aromatic heterocycles. The highest BCUT2D eigenvalue weighted by Crippen LogP contribution is 2.25. The Morgan fingerprint density at radius 1 is 1.04 bits per heavy atom. The zero-order valence-corrected chi connectivity index (χ0v) is 15.4. The van der Waals surface area contributed by atoms with Crippen LogP contribution in [0.5, 0.6) is 0 Å². The number of nitrogens with one attached hydrogen (secondary N) is 1. The first kappa shape index (κ1) is 17.8. The lowest BCUT2D eigenvalue weighted by molar-refractivity contribution is -0.127. The van der Waals surface area contributed by atoms with Crippen LogP contribution >= 0.6 is 11.3 Å². The molecule has 0 atom stereocenters. The van der Waals surface area contributed by atoms with Crippen molar-refractivity contribution in [3.05, 3.63) is 71.2 Å². The summed E-state index contributed by atoms with van der Waals surface area (Å²) in [6.45, 7) is 0. The molecule has 0 radical (unpaired) electrons. The average Bonchev–Trinajstić information content (AvgIpc) is 3.14. The number of likely N-dealkylation sites (N-methyl/N-ethyl adjacent to an activating group) is 1. The van der Waals surface area contributed by atoms with Gasteiger partial charge in [0.05, 0.1) is 12.6 Å². The number of benzene rings is 2. The van der Waals surface area contributed by atoms with Crippen molar-refractivity contribution in [2.45, 2.75) is 6.42 Å². The molecule has 0 saturated heterocycles. The lowest BCUT2D eigenvalue weighted by atomic mass is 10.1. The SMILES string of the molecule is CN(C)C(=O)Cc1ccc(NC(=O)c2cnc(-c3ccccc3)s2)cc1. The minimum Gasteiger partial charge on any atom is -0.349 e. The molecule has 0 aliphatic heterocycles. The van der Waals surface area contributed by atoms with Crippen molar-refractivity contribution >= 4 is 28.8 Å². The monoisotopic (exact) mass is 365 g/mol. The zero-order valence-electron chi connectivity index (χ0n) is 14.6. The lowest BCUT2D eigenvalue weighted by Crippen LogP contribution is -2.23. The molecule has 3 rings (SSSR count). The topological polar surface area (TPSA) is 62.3 Å². The third-order valence-electron chi connectivity index (χ3n) is 3.82. The highest BCUT2D eigenvalue weighted by molar-refractivity contribution is 7.17. The highest BCUT2D eigenvalue weighted by atomic mass is 32.1. The van der Waals surface area contributed by atoms with Gasteiger partial charge in [-0.3, -0.25) is 9.59 Å². The van der Waals surface area contributed by atoms with E-state index >= 15 is 0 Å². The van der Waals surface area contributed by atoms with Gasteiger partial charge in [-0.25, -0.2) is 4.98 Å². The van der Waals surface area contributed by atoms with Crippen molar-refractivity contribution in [1.29, 1.82) is 0 Å². The molecule has 0 unspecified atom stereocenters. The fourth-order valence-corrected chi connectivity index (χ4v) is 3.14. The Morgan fingerprint density at radius 2 is 1.73 bits per heavy atom. The second kappa shape index (κ2) is 7.93.